The highest BCUT2D eigenvalue weighted by Gasteiger charge is 2.15. The number of hydrogen-bond acceptors (Lipinski definition) is 7. The van der Waals surface area contributed by atoms with Crippen LogP contribution in [0, 0.1) is 0 Å². The summed E-state index contributed by atoms with van der Waals surface area (Å²) >= 11 is 2.69. The third-order valence-electron chi connectivity index (χ3n) is 4.49. The van der Waals surface area contributed by atoms with Gasteiger partial charge in [-0.3, -0.25) is 14.9 Å². The fourth-order valence-electron chi connectivity index (χ4n) is 2.81. The summed E-state index contributed by atoms with van der Waals surface area (Å²) in [6.07, 6.45) is 0. The van der Waals surface area contributed by atoms with Crippen LogP contribution in [0.5, 0.6) is 11.5 Å². The fraction of sp³-hybridized carbons (Fsp3) is 0.261. The summed E-state index contributed by atoms with van der Waals surface area (Å²) in [5, 5.41) is 8.19. The number of carbonyl (C=O) groups excluding carboxylic acids is 2. The van der Waals surface area contributed by atoms with E-state index >= 15 is 0 Å². The van der Waals surface area contributed by atoms with Crippen LogP contribution in [0.2, 0.25) is 0 Å². The maximum absolute atomic E-state index is 12.8. The lowest BCUT2D eigenvalue weighted by Gasteiger charge is -2.11. The average Bonchev–Trinajstić information content (AvgIpc) is 3.26. The number of thioether (sulfide) groups is 1. The van der Waals surface area contributed by atoms with Gasteiger partial charge in [0.2, 0.25) is 5.91 Å². The van der Waals surface area contributed by atoms with Crippen LogP contribution in [0.1, 0.15) is 35.8 Å². The Balaban J connectivity index is 1.63. The number of anilines is 2. The number of methoxy groups -OCH3 is 2. The normalized spacial score (nSPS) is 10.7. The van der Waals surface area contributed by atoms with Crippen LogP contribution in [-0.4, -0.2) is 36.8 Å². The topological polar surface area (TPSA) is 89.5 Å². The van der Waals surface area contributed by atoms with Gasteiger partial charge >= 0.3 is 0 Å². The molecule has 2 aromatic carbocycles. The highest BCUT2D eigenvalue weighted by molar-refractivity contribution is 8.00. The van der Waals surface area contributed by atoms with Crippen molar-refractivity contribution in [2.24, 2.45) is 0 Å². The Hall–Kier alpha value is -3.04. The zero-order chi connectivity index (χ0) is 23.1. The largest absolute Gasteiger partial charge is 0.493 e. The molecule has 9 heteroatoms. The van der Waals surface area contributed by atoms with Gasteiger partial charge in [0.15, 0.2) is 16.6 Å². The van der Waals surface area contributed by atoms with Gasteiger partial charge in [-0.15, -0.1) is 23.1 Å². The molecule has 0 unspecified atom stereocenters. The quantitative estimate of drug-likeness (QED) is 0.414. The van der Waals surface area contributed by atoms with E-state index in [0.717, 1.165) is 5.69 Å². The number of rotatable bonds is 9. The van der Waals surface area contributed by atoms with Gasteiger partial charge in [0.1, 0.15) is 0 Å². The first-order valence-corrected chi connectivity index (χ1v) is 11.8. The SMILES string of the molecule is COc1ccc(NC(=O)CSc2ccccc2C(=O)Nc2nc(C(C)C)cs2)cc1OC. The highest BCUT2D eigenvalue weighted by atomic mass is 32.2. The predicted octanol–water partition coefficient (Wildman–Crippen LogP) is 5.27. The predicted molar refractivity (Wildman–Crippen MR) is 129 cm³/mol. The molecule has 32 heavy (non-hydrogen) atoms. The van der Waals surface area contributed by atoms with E-state index < -0.39 is 0 Å². The Bertz CT molecular complexity index is 1100. The van der Waals surface area contributed by atoms with Crippen molar-refractivity contribution in [1.82, 2.24) is 4.98 Å². The van der Waals surface area contributed by atoms with Crippen LogP contribution < -0.4 is 20.1 Å². The number of carbonyl (C=O) groups is 2. The number of amides is 2. The van der Waals surface area contributed by atoms with Crippen LogP contribution in [0.3, 0.4) is 0 Å². The number of aromatic nitrogens is 1. The Morgan fingerprint density at radius 3 is 2.50 bits per heavy atom. The van der Waals surface area contributed by atoms with Gasteiger partial charge in [-0.25, -0.2) is 4.98 Å². The molecule has 0 saturated carbocycles. The summed E-state index contributed by atoms with van der Waals surface area (Å²) < 4.78 is 10.5. The summed E-state index contributed by atoms with van der Waals surface area (Å²) in [5.74, 6) is 1.11. The molecule has 3 rings (SSSR count). The van der Waals surface area contributed by atoms with E-state index in [-0.39, 0.29) is 17.6 Å². The van der Waals surface area contributed by atoms with E-state index in [1.807, 2.05) is 17.5 Å². The molecule has 0 fully saturated rings. The van der Waals surface area contributed by atoms with Crippen molar-refractivity contribution in [1.29, 1.82) is 0 Å². The number of nitrogens with zero attached hydrogens (tertiary/aromatic N) is 1. The van der Waals surface area contributed by atoms with Gasteiger partial charge in [0, 0.05) is 22.0 Å². The van der Waals surface area contributed by atoms with E-state index in [4.69, 9.17) is 9.47 Å². The lowest BCUT2D eigenvalue weighted by atomic mass is 10.2. The molecular weight excluding hydrogens is 446 g/mol. The number of thiazole rings is 1. The Labute approximate surface area is 195 Å². The van der Waals surface area contributed by atoms with E-state index in [9.17, 15) is 9.59 Å². The Kier molecular flexibility index (Phi) is 8.13. The molecule has 7 nitrogen and oxygen atoms in total. The maximum atomic E-state index is 12.8. The second-order valence-corrected chi connectivity index (χ2v) is 8.96. The number of benzene rings is 2. The second-order valence-electron chi connectivity index (χ2n) is 7.09. The van der Waals surface area contributed by atoms with E-state index in [1.54, 1.807) is 37.4 Å². The van der Waals surface area contributed by atoms with Crippen molar-refractivity contribution in [2.75, 3.05) is 30.6 Å². The van der Waals surface area contributed by atoms with Crippen molar-refractivity contribution < 1.29 is 19.1 Å². The monoisotopic (exact) mass is 471 g/mol. The second kappa shape index (κ2) is 11.0. The molecule has 0 bridgehead atoms. The standard InChI is InChI=1S/C23H25N3O4S2/c1-14(2)17-12-32-23(25-17)26-22(28)16-7-5-6-8-20(16)31-13-21(27)24-15-9-10-18(29-3)19(11-15)30-4/h5-12,14H,13H2,1-4H3,(H,24,27)(H,25,26,28). The zero-order valence-corrected chi connectivity index (χ0v) is 19.9. The van der Waals surface area contributed by atoms with Gasteiger partial charge in [0.25, 0.3) is 5.91 Å². The first-order valence-electron chi connectivity index (χ1n) is 9.91. The van der Waals surface area contributed by atoms with Gasteiger partial charge in [0.05, 0.1) is 31.2 Å². The Morgan fingerprint density at radius 2 is 1.81 bits per heavy atom. The third-order valence-corrected chi connectivity index (χ3v) is 6.34. The zero-order valence-electron chi connectivity index (χ0n) is 18.3. The molecule has 0 atom stereocenters. The molecule has 0 aliphatic heterocycles. The van der Waals surface area contributed by atoms with Crippen molar-refractivity contribution in [3.05, 3.63) is 59.1 Å². The van der Waals surface area contributed by atoms with Crippen LogP contribution in [0.4, 0.5) is 10.8 Å². The molecule has 1 aromatic heterocycles. The van der Waals surface area contributed by atoms with Gasteiger partial charge in [-0.1, -0.05) is 26.0 Å². The summed E-state index contributed by atoms with van der Waals surface area (Å²) in [6.45, 7) is 4.11. The maximum Gasteiger partial charge on any atom is 0.258 e. The van der Waals surface area contributed by atoms with Gasteiger partial charge in [-0.2, -0.15) is 0 Å². The number of ether oxygens (including phenoxy) is 2. The molecule has 168 valence electrons. The number of nitrogens with one attached hydrogen (secondary N) is 2. The smallest absolute Gasteiger partial charge is 0.258 e. The first kappa shape index (κ1) is 23.6. The molecule has 0 spiro atoms. The minimum atomic E-state index is -0.252. The number of hydrogen-bond donors (Lipinski definition) is 2. The molecule has 2 N–H and O–H groups in total. The van der Waals surface area contributed by atoms with E-state index in [0.29, 0.717) is 38.7 Å². The van der Waals surface area contributed by atoms with Crippen molar-refractivity contribution >= 4 is 45.7 Å². The van der Waals surface area contributed by atoms with Crippen molar-refractivity contribution in [3.8, 4) is 11.5 Å². The summed E-state index contributed by atoms with van der Waals surface area (Å²) in [7, 11) is 3.09. The third kappa shape index (κ3) is 6.02. The van der Waals surface area contributed by atoms with Crippen LogP contribution in [0.25, 0.3) is 0 Å². The fourth-order valence-corrected chi connectivity index (χ4v) is 4.52. The van der Waals surface area contributed by atoms with Crippen LogP contribution in [0.15, 0.2) is 52.7 Å². The van der Waals surface area contributed by atoms with E-state index in [1.165, 1.54) is 30.2 Å². The minimum Gasteiger partial charge on any atom is -0.493 e. The Morgan fingerprint density at radius 1 is 1.06 bits per heavy atom. The molecular formula is C23H25N3O4S2. The summed E-state index contributed by atoms with van der Waals surface area (Å²) in [6, 6.07) is 12.4. The molecule has 0 saturated heterocycles. The lowest BCUT2D eigenvalue weighted by Crippen LogP contribution is -2.16. The van der Waals surface area contributed by atoms with Crippen molar-refractivity contribution in [2.45, 2.75) is 24.7 Å². The van der Waals surface area contributed by atoms with E-state index in [2.05, 4.69) is 29.5 Å². The van der Waals surface area contributed by atoms with Crippen LogP contribution >= 0.6 is 23.1 Å². The molecule has 0 radical (unpaired) electrons. The van der Waals surface area contributed by atoms with Gasteiger partial charge in [-0.05, 0) is 30.2 Å². The first-order chi connectivity index (χ1) is 15.4. The van der Waals surface area contributed by atoms with Crippen molar-refractivity contribution in [3.63, 3.8) is 0 Å². The molecule has 3 aromatic rings. The summed E-state index contributed by atoms with van der Waals surface area (Å²) in [5.41, 5.74) is 2.04. The molecule has 1 heterocycles. The molecule has 0 aliphatic carbocycles. The van der Waals surface area contributed by atoms with Crippen LogP contribution in [-0.2, 0) is 4.79 Å². The average molecular weight is 472 g/mol. The molecule has 2 amide bonds. The summed E-state index contributed by atoms with van der Waals surface area (Å²) in [4.78, 5) is 30.4. The lowest BCUT2D eigenvalue weighted by molar-refractivity contribution is -0.113. The minimum absolute atomic E-state index is 0.146. The highest BCUT2D eigenvalue weighted by Crippen LogP contribution is 2.30. The van der Waals surface area contributed by atoms with Gasteiger partial charge < -0.3 is 14.8 Å². The molecule has 0 aliphatic rings.